The highest BCUT2D eigenvalue weighted by Crippen LogP contribution is 2.34. The Morgan fingerprint density at radius 1 is 0.905 bits per heavy atom. The standard InChI is InChI=1S/C18H27BrN2/c1-14-17(19)12-13-18(20-14)21(15-8-4-2-5-9-15)16-10-6-3-7-11-16/h12-13,15-16H,2-11H2,1H3. The molecule has 2 aliphatic rings. The molecule has 0 aromatic carbocycles. The molecule has 3 heteroatoms. The summed E-state index contributed by atoms with van der Waals surface area (Å²) in [6, 6.07) is 5.83. The van der Waals surface area contributed by atoms with E-state index in [0.717, 1.165) is 22.3 Å². The molecule has 0 aliphatic heterocycles. The lowest BCUT2D eigenvalue weighted by molar-refractivity contribution is 0.337. The van der Waals surface area contributed by atoms with E-state index in [1.807, 2.05) is 0 Å². The fraction of sp³-hybridized carbons (Fsp3) is 0.722. The first-order valence-corrected chi connectivity index (χ1v) is 9.46. The number of hydrogen-bond donors (Lipinski definition) is 0. The van der Waals surface area contributed by atoms with Gasteiger partial charge >= 0.3 is 0 Å². The summed E-state index contributed by atoms with van der Waals surface area (Å²) < 4.78 is 1.12. The predicted molar refractivity (Wildman–Crippen MR) is 92.9 cm³/mol. The summed E-state index contributed by atoms with van der Waals surface area (Å²) in [6.07, 6.45) is 13.8. The zero-order chi connectivity index (χ0) is 14.7. The van der Waals surface area contributed by atoms with Crippen molar-refractivity contribution in [2.45, 2.75) is 83.2 Å². The van der Waals surface area contributed by atoms with Crippen molar-refractivity contribution in [2.24, 2.45) is 0 Å². The second-order valence-corrected chi connectivity index (χ2v) is 7.58. The highest BCUT2D eigenvalue weighted by Gasteiger charge is 2.29. The molecule has 2 nitrogen and oxygen atoms in total. The molecule has 0 unspecified atom stereocenters. The van der Waals surface area contributed by atoms with Crippen molar-refractivity contribution in [1.29, 1.82) is 0 Å². The molecule has 2 aliphatic carbocycles. The van der Waals surface area contributed by atoms with Crippen LogP contribution in [0, 0.1) is 6.92 Å². The van der Waals surface area contributed by atoms with Gasteiger partial charge in [0.05, 0.1) is 5.69 Å². The first kappa shape index (κ1) is 15.3. The molecule has 116 valence electrons. The van der Waals surface area contributed by atoms with Crippen molar-refractivity contribution < 1.29 is 0 Å². The van der Waals surface area contributed by atoms with Crippen LogP contribution in [0.1, 0.15) is 69.9 Å². The third-order valence-corrected chi connectivity index (χ3v) is 6.05. The number of hydrogen-bond acceptors (Lipinski definition) is 2. The lowest BCUT2D eigenvalue weighted by Gasteiger charge is -2.42. The minimum absolute atomic E-state index is 0.718. The number of rotatable bonds is 3. The van der Waals surface area contributed by atoms with Gasteiger partial charge in [-0.1, -0.05) is 38.5 Å². The molecule has 2 saturated carbocycles. The van der Waals surface area contributed by atoms with Crippen LogP contribution in [0.2, 0.25) is 0 Å². The molecule has 1 heterocycles. The second kappa shape index (κ2) is 7.13. The molecule has 21 heavy (non-hydrogen) atoms. The van der Waals surface area contributed by atoms with E-state index >= 15 is 0 Å². The minimum Gasteiger partial charge on any atom is -0.351 e. The topological polar surface area (TPSA) is 16.1 Å². The van der Waals surface area contributed by atoms with Gasteiger partial charge in [-0.15, -0.1) is 0 Å². The Balaban J connectivity index is 1.87. The van der Waals surface area contributed by atoms with Crippen molar-refractivity contribution >= 4 is 21.7 Å². The van der Waals surface area contributed by atoms with E-state index in [1.54, 1.807) is 0 Å². The Morgan fingerprint density at radius 2 is 1.43 bits per heavy atom. The van der Waals surface area contributed by atoms with Gasteiger partial charge in [0.25, 0.3) is 0 Å². The monoisotopic (exact) mass is 350 g/mol. The van der Waals surface area contributed by atoms with Crippen LogP contribution in [0.5, 0.6) is 0 Å². The summed E-state index contributed by atoms with van der Waals surface area (Å²) in [5.41, 5.74) is 1.11. The van der Waals surface area contributed by atoms with E-state index in [0.29, 0.717) is 0 Å². The maximum absolute atomic E-state index is 4.90. The average Bonchev–Trinajstić information content (AvgIpc) is 2.53. The Labute approximate surface area is 137 Å². The van der Waals surface area contributed by atoms with Gasteiger partial charge in [0.2, 0.25) is 0 Å². The minimum atomic E-state index is 0.718. The molecule has 2 fully saturated rings. The lowest BCUT2D eigenvalue weighted by Crippen LogP contribution is -2.46. The van der Waals surface area contributed by atoms with Gasteiger partial charge in [0, 0.05) is 16.6 Å². The molecule has 1 aromatic rings. The highest BCUT2D eigenvalue weighted by molar-refractivity contribution is 9.10. The number of nitrogens with zero attached hydrogens (tertiary/aromatic N) is 2. The van der Waals surface area contributed by atoms with E-state index in [4.69, 9.17) is 4.98 Å². The smallest absolute Gasteiger partial charge is 0.129 e. The summed E-state index contributed by atoms with van der Waals surface area (Å²) in [5.74, 6) is 1.22. The van der Waals surface area contributed by atoms with Crippen molar-refractivity contribution in [3.05, 3.63) is 22.3 Å². The molecule has 0 bridgehead atoms. The molecular formula is C18H27BrN2. The van der Waals surface area contributed by atoms with Gasteiger partial charge in [-0.2, -0.15) is 0 Å². The number of aromatic nitrogens is 1. The number of pyridine rings is 1. The summed E-state index contributed by atoms with van der Waals surface area (Å²) in [6.45, 7) is 2.10. The zero-order valence-corrected chi connectivity index (χ0v) is 14.7. The predicted octanol–water partition coefficient (Wildman–Crippen LogP) is 5.62. The number of aryl methyl sites for hydroxylation is 1. The van der Waals surface area contributed by atoms with Gasteiger partial charge in [0.1, 0.15) is 5.82 Å². The van der Waals surface area contributed by atoms with Crippen molar-refractivity contribution in [3.8, 4) is 0 Å². The first-order valence-electron chi connectivity index (χ1n) is 8.67. The Bertz CT molecular complexity index is 444. The van der Waals surface area contributed by atoms with E-state index in [-0.39, 0.29) is 0 Å². The lowest BCUT2D eigenvalue weighted by atomic mass is 9.88. The van der Waals surface area contributed by atoms with Gasteiger partial charge in [-0.05, 0) is 60.7 Å². The molecule has 1 aromatic heterocycles. The summed E-state index contributed by atoms with van der Waals surface area (Å²) in [7, 11) is 0. The summed E-state index contributed by atoms with van der Waals surface area (Å²) in [4.78, 5) is 7.61. The zero-order valence-electron chi connectivity index (χ0n) is 13.2. The van der Waals surface area contributed by atoms with Crippen molar-refractivity contribution in [3.63, 3.8) is 0 Å². The SMILES string of the molecule is Cc1nc(N(C2CCCCC2)C2CCCCC2)ccc1Br. The Morgan fingerprint density at radius 3 is 1.90 bits per heavy atom. The van der Waals surface area contributed by atoms with E-state index < -0.39 is 0 Å². The largest absolute Gasteiger partial charge is 0.351 e. The summed E-state index contributed by atoms with van der Waals surface area (Å²) >= 11 is 3.59. The molecule has 0 spiro atoms. The number of halogens is 1. The molecule has 0 radical (unpaired) electrons. The highest BCUT2D eigenvalue weighted by atomic mass is 79.9. The molecule has 0 atom stereocenters. The molecule has 0 saturated heterocycles. The van der Waals surface area contributed by atoms with Gasteiger partial charge < -0.3 is 4.90 Å². The molecule has 0 amide bonds. The second-order valence-electron chi connectivity index (χ2n) is 6.73. The van der Waals surface area contributed by atoms with Crippen LogP contribution in [0.4, 0.5) is 5.82 Å². The Kier molecular flexibility index (Phi) is 5.20. The maximum atomic E-state index is 4.90. The molecule has 3 rings (SSSR count). The third-order valence-electron chi connectivity index (χ3n) is 5.21. The normalized spacial score (nSPS) is 21.4. The molecule has 0 N–H and O–H groups in total. The van der Waals surface area contributed by atoms with Crippen LogP contribution < -0.4 is 4.90 Å². The quantitative estimate of drug-likeness (QED) is 0.702. The van der Waals surface area contributed by atoms with E-state index in [1.165, 1.54) is 70.0 Å². The third kappa shape index (κ3) is 3.61. The van der Waals surface area contributed by atoms with Crippen LogP contribution in [-0.2, 0) is 0 Å². The van der Waals surface area contributed by atoms with Gasteiger partial charge in [-0.3, -0.25) is 0 Å². The molecular weight excluding hydrogens is 324 g/mol. The van der Waals surface area contributed by atoms with Crippen LogP contribution >= 0.6 is 15.9 Å². The number of anilines is 1. The van der Waals surface area contributed by atoms with Crippen LogP contribution in [0.3, 0.4) is 0 Å². The van der Waals surface area contributed by atoms with Crippen LogP contribution in [0.25, 0.3) is 0 Å². The van der Waals surface area contributed by atoms with E-state index in [9.17, 15) is 0 Å². The first-order chi connectivity index (χ1) is 10.3. The maximum Gasteiger partial charge on any atom is 0.129 e. The average molecular weight is 351 g/mol. The fourth-order valence-electron chi connectivity index (χ4n) is 4.07. The van der Waals surface area contributed by atoms with Crippen molar-refractivity contribution in [1.82, 2.24) is 4.98 Å². The van der Waals surface area contributed by atoms with Gasteiger partial charge in [-0.25, -0.2) is 4.98 Å². The van der Waals surface area contributed by atoms with E-state index in [2.05, 4.69) is 39.9 Å². The Hall–Kier alpha value is -0.570. The van der Waals surface area contributed by atoms with Crippen molar-refractivity contribution in [2.75, 3.05) is 4.90 Å². The van der Waals surface area contributed by atoms with Crippen LogP contribution in [-0.4, -0.2) is 17.1 Å². The fourth-order valence-corrected chi connectivity index (χ4v) is 4.29. The van der Waals surface area contributed by atoms with Crippen LogP contribution in [0.15, 0.2) is 16.6 Å². The summed E-state index contributed by atoms with van der Waals surface area (Å²) in [5, 5.41) is 0. The van der Waals surface area contributed by atoms with Gasteiger partial charge in [0.15, 0.2) is 0 Å².